The number of carbonyl (C=O) groups excluding carboxylic acids is 1. The molecule has 0 bridgehead atoms. The second-order valence-electron chi connectivity index (χ2n) is 11.8. The minimum atomic E-state index is -0.648. The first kappa shape index (κ1) is 28.9. The van der Waals surface area contributed by atoms with Crippen LogP contribution < -0.4 is 21.4 Å². The molecule has 1 saturated carbocycles. The molecule has 1 aromatic carbocycles. The summed E-state index contributed by atoms with van der Waals surface area (Å²) in [5.41, 5.74) is 10.7. The number of fused-ring (bicyclic) bond motifs is 1. The molecule has 6 rings (SSSR count). The molecule has 1 aliphatic carbocycles. The number of aryl methyl sites for hydroxylation is 2. The smallest absolute Gasteiger partial charge is 0.238 e. The van der Waals surface area contributed by atoms with Crippen molar-refractivity contribution in [2.75, 3.05) is 29.9 Å². The number of aromatic nitrogens is 3. The van der Waals surface area contributed by atoms with E-state index in [9.17, 15) is 9.59 Å². The van der Waals surface area contributed by atoms with Crippen molar-refractivity contribution in [1.29, 1.82) is 0 Å². The summed E-state index contributed by atoms with van der Waals surface area (Å²) >= 11 is 0. The van der Waals surface area contributed by atoms with Crippen LogP contribution in [0.15, 0.2) is 59.8 Å². The summed E-state index contributed by atoms with van der Waals surface area (Å²) in [6.07, 6.45) is 9.71. The van der Waals surface area contributed by atoms with Gasteiger partial charge in [-0.3, -0.25) is 24.5 Å². The highest BCUT2D eigenvalue weighted by Crippen LogP contribution is 2.38. The van der Waals surface area contributed by atoms with Crippen molar-refractivity contribution in [3.63, 3.8) is 0 Å². The van der Waals surface area contributed by atoms with Crippen LogP contribution in [0.5, 0.6) is 0 Å². The normalized spacial score (nSPS) is 17.0. The number of rotatable bonds is 9. The van der Waals surface area contributed by atoms with E-state index in [2.05, 4.69) is 41.8 Å². The zero-order valence-corrected chi connectivity index (χ0v) is 24.7. The van der Waals surface area contributed by atoms with Crippen LogP contribution >= 0.6 is 0 Å². The summed E-state index contributed by atoms with van der Waals surface area (Å²) in [6, 6.07) is 11.5. The van der Waals surface area contributed by atoms with Crippen LogP contribution in [0, 0.1) is 19.7 Å². The van der Waals surface area contributed by atoms with Crippen LogP contribution in [0.1, 0.15) is 54.2 Å². The van der Waals surface area contributed by atoms with Crippen LogP contribution in [-0.2, 0) is 17.9 Å². The Morgan fingerprint density at radius 2 is 1.93 bits per heavy atom. The fourth-order valence-corrected chi connectivity index (χ4v) is 6.10. The first-order chi connectivity index (χ1) is 20.8. The Morgan fingerprint density at radius 1 is 1.09 bits per heavy atom. The van der Waals surface area contributed by atoms with E-state index in [4.69, 9.17) is 5.73 Å². The second-order valence-corrected chi connectivity index (χ2v) is 11.8. The Morgan fingerprint density at radius 3 is 2.65 bits per heavy atom. The predicted octanol–water partition coefficient (Wildman–Crippen LogP) is 4.45. The molecule has 1 atom stereocenters. The molecule has 224 valence electrons. The highest BCUT2D eigenvalue weighted by atomic mass is 19.1. The lowest BCUT2D eigenvalue weighted by Crippen LogP contribution is -2.48. The third kappa shape index (κ3) is 6.45. The third-order valence-corrected chi connectivity index (χ3v) is 8.49. The number of benzene rings is 1. The summed E-state index contributed by atoms with van der Waals surface area (Å²) in [6.45, 7) is 6.58. The Hall–Kier alpha value is -4.15. The topological polar surface area (TPSA) is 109 Å². The predicted molar refractivity (Wildman–Crippen MR) is 167 cm³/mol. The molecule has 0 spiro atoms. The molecule has 3 N–H and O–H groups in total. The number of piperidine rings is 1. The van der Waals surface area contributed by atoms with Gasteiger partial charge in [-0.1, -0.05) is 0 Å². The maximum atomic E-state index is 15.2. The molecule has 1 aliphatic heterocycles. The second kappa shape index (κ2) is 12.2. The lowest BCUT2D eigenvalue weighted by molar-refractivity contribution is -0.114. The third-order valence-electron chi connectivity index (χ3n) is 8.49. The molecule has 0 unspecified atom stereocenters. The monoisotopic (exact) mass is 583 g/mol. The minimum absolute atomic E-state index is 0.0343. The van der Waals surface area contributed by atoms with E-state index in [1.807, 2.05) is 44.6 Å². The number of nitrogens with two attached hydrogens (primary N) is 1. The molecule has 10 heteroatoms. The number of hydrogen-bond acceptors (Lipinski definition) is 7. The van der Waals surface area contributed by atoms with Crippen LogP contribution in [0.4, 0.5) is 15.8 Å². The summed E-state index contributed by atoms with van der Waals surface area (Å²) in [5, 5.41) is 2.85. The standard InChI is InChI=1S/C33H38FN7O2/c1-21-5-6-26(16-37-21)39-11-3-4-27(20-39)40(17-23-9-10-36-22(2)12-23)18-24-19-41(25-7-8-25)31-14-30(38-32(42)15-35)29(34)13-28(31)33(24)43/h5-6,9-10,12-14,16,19,25,27H,3-4,7-8,11,15,17-18,20,35H2,1-2H3,(H,38,42)/t27-/m0/s1. The zero-order chi connectivity index (χ0) is 30.1. The number of nitrogens with one attached hydrogen (secondary N) is 1. The van der Waals surface area contributed by atoms with E-state index < -0.39 is 11.7 Å². The van der Waals surface area contributed by atoms with Gasteiger partial charge in [-0.2, -0.15) is 0 Å². The van der Waals surface area contributed by atoms with Gasteiger partial charge >= 0.3 is 0 Å². The lowest BCUT2D eigenvalue weighted by Gasteiger charge is -2.40. The largest absolute Gasteiger partial charge is 0.369 e. The Labute approximate surface area is 250 Å². The van der Waals surface area contributed by atoms with Crippen LogP contribution in [0.25, 0.3) is 10.9 Å². The first-order valence-corrected chi connectivity index (χ1v) is 15.0. The van der Waals surface area contributed by atoms with Gasteiger partial charge in [0, 0.05) is 73.0 Å². The molecule has 1 amide bonds. The quantitative estimate of drug-likeness (QED) is 0.300. The van der Waals surface area contributed by atoms with Crippen molar-refractivity contribution >= 4 is 28.2 Å². The van der Waals surface area contributed by atoms with Gasteiger partial charge in [0.05, 0.1) is 29.6 Å². The maximum Gasteiger partial charge on any atom is 0.238 e. The summed E-state index contributed by atoms with van der Waals surface area (Å²) in [4.78, 5) is 39.5. The highest BCUT2D eigenvalue weighted by molar-refractivity contribution is 5.95. The molecule has 4 heterocycles. The van der Waals surface area contributed by atoms with E-state index in [-0.39, 0.29) is 29.7 Å². The number of pyridine rings is 3. The zero-order valence-electron chi connectivity index (χ0n) is 24.7. The van der Waals surface area contributed by atoms with Crippen LogP contribution in [0.3, 0.4) is 0 Å². The number of amides is 1. The van der Waals surface area contributed by atoms with E-state index in [1.54, 1.807) is 6.07 Å². The first-order valence-electron chi connectivity index (χ1n) is 15.0. The minimum Gasteiger partial charge on any atom is -0.369 e. The fourth-order valence-electron chi connectivity index (χ4n) is 6.10. The van der Waals surface area contributed by atoms with Crippen molar-refractivity contribution in [3.8, 4) is 0 Å². The molecule has 9 nitrogen and oxygen atoms in total. The summed E-state index contributed by atoms with van der Waals surface area (Å²) in [5.74, 6) is -1.13. The van der Waals surface area contributed by atoms with Gasteiger partial charge in [0.15, 0.2) is 5.43 Å². The van der Waals surface area contributed by atoms with Gasteiger partial charge in [0.2, 0.25) is 5.91 Å². The SMILES string of the molecule is Cc1ccc(N2CCC[C@H](N(Cc3ccnc(C)c3)Cc3cn(C4CC4)c4cc(NC(=O)CN)c(F)cc4c3=O)C2)cn1. The number of anilines is 2. The molecule has 4 aromatic rings. The van der Waals surface area contributed by atoms with Crippen molar-refractivity contribution < 1.29 is 9.18 Å². The molecule has 0 radical (unpaired) electrons. The molecule has 2 fully saturated rings. The Kier molecular flexibility index (Phi) is 8.23. The van der Waals surface area contributed by atoms with Crippen molar-refractivity contribution in [3.05, 3.63) is 93.5 Å². The average molecular weight is 584 g/mol. The lowest BCUT2D eigenvalue weighted by atomic mass is 10.0. The number of hydrogen-bond donors (Lipinski definition) is 2. The number of carbonyl (C=O) groups is 1. The van der Waals surface area contributed by atoms with Gasteiger partial charge in [0.25, 0.3) is 0 Å². The summed E-state index contributed by atoms with van der Waals surface area (Å²) < 4.78 is 17.2. The van der Waals surface area contributed by atoms with Gasteiger partial charge in [0.1, 0.15) is 5.82 Å². The van der Waals surface area contributed by atoms with Gasteiger partial charge in [-0.05, 0) is 81.5 Å². The summed E-state index contributed by atoms with van der Waals surface area (Å²) in [7, 11) is 0. The number of nitrogens with zero attached hydrogens (tertiary/aromatic N) is 5. The average Bonchev–Trinajstić information content (AvgIpc) is 3.85. The van der Waals surface area contributed by atoms with Crippen molar-refractivity contribution in [2.24, 2.45) is 5.73 Å². The van der Waals surface area contributed by atoms with Crippen LogP contribution in [0.2, 0.25) is 0 Å². The molecule has 1 saturated heterocycles. The molecular weight excluding hydrogens is 545 g/mol. The molecule has 43 heavy (non-hydrogen) atoms. The Bertz CT molecular complexity index is 1700. The van der Waals surface area contributed by atoms with E-state index in [1.165, 1.54) is 6.07 Å². The molecular formula is C33H38FN7O2. The van der Waals surface area contributed by atoms with Gasteiger partial charge in [-0.15, -0.1) is 0 Å². The fraction of sp³-hybridized carbons (Fsp3) is 0.394. The molecule has 2 aliphatic rings. The van der Waals surface area contributed by atoms with Crippen molar-refractivity contribution in [1.82, 2.24) is 19.4 Å². The highest BCUT2D eigenvalue weighted by Gasteiger charge is 2.30. The van der Waals surface area contributed by atoms with Crippen molar-refractivity contribution in [2.45, 2.75) is 64.7 Å². The van der Waals surface area contributed by atoms with E-state index in [0.717, 1.165) is 61.4 Å². The van der Waals surface area contributed by atoms with E-state index in [0.29, 0.717) is 29.6 Å². The maximum absolute atomic E-state index is 15.2. The Balaban J connectivity index is 1.37. The van der Waals surface area contributed by atoms with Crippen LogP contribution in [-0.4, -0.2) is 51.0 Å². The van der Waals surface area contributed by atoms with Gasteiger partial charge < -0.3 is 20.5 Å². The number of halogens is 1. The molecule has 3 aromatic heterocycles. The van der Waals surface area contributed by atoms with E-state index >= 15 is 4.39 Å². The van der Waals surface area contributed by atoms with Gasteiger partial charge in [-0.25, -0.2) is 4.39 Å².